The number of ether oxygens (including phenoxy) is 2. The highest BCUT2D eigenvalue weighted by molar-refractivity contribution is 6.30. The van der Waals surface area contributed by atoms with Crippen molar-refractivity contribution < 1.29 is 33.0 Å². The van der Waals surface area contributed by atoms with E-state index >= 15 is 4.39 Å². The Hall–Kier alpha value is -4.03. The van der Waals surface area contributed by atoms with Crippen molar-refractivity contribution in [3.63, 3.8) is 0 Å². The highest BCUT2D eigenvalue weighted by Gasteiger charge is 2.47. The van der Waals surface area contributed by atoms with Crippen LogP contribution in [0, 0.1) is 5.92 Å². The first-order chi connectivity index (χ1) is 21.2. The number of fused-ring (bicyclic) bond motifs is 10. The number of hydrogen-bond donors (Lipinski definition) is 1. The van der Waals surface area contributed by atoms with Crippen LogP contribution >= 0.6 is 11.6 Å². The second-order valence-corrected chi connectivity index (χ2v) is 12.1. The number of carbonyl (C=O) groups excluding carboxylic acids is 1. The van der Waals surface area contributed by atoms with Crippen LogP contribution in [0.4, 0.5) is 10.2 Å². The van der Waals surface area contributed by atoms with E-state index in [1.807, 2.05) is 24.3 Å². The van der Waals surface area contributed by atoms with Crippen molar-refractivity contribution in [2.24, 2.45) is 5.92 Å². The van der Waals surface area contributed by atoms with E-state index in [-0.39, 0.29) is 74.5 Å². The van der Waals surface area contributed by atoms with Gasteiger partial charge >= 0.3 is 5.97 Å². The van der Waals surface area contributed by atoms with Crippen molar-refractivity contribution in [2.45, 2.75) is 50.4 Å². The number of halogens is 2. The number of alkyl halides is 1. The van der Waals surface area contributed by atoms with Crippen molar-refractivity contribution in [1.29, 1.82) is 0 Å². The van der Waals surface area contributed by atoms with Crippen molar-refractivity contribution >= 4 is 51.4 Å². The molecular formula is C31H31ClFN5O6. The molecule has 0 radical (unpaired) electrons. The highest BCUT2D eigenvalue weighted by atomic mass is 35.5. The van der Waals surface area contributed by atoms with E-state index < -0.39 is 29.7 Å². The van der Waals surface area contributed by atoms with Gasteiger partial charge in [-0.2, -0.15) is 0 Å². The molecule has 0 spiro atoms. The first-order valence-corrected chi connectivity index (χ1v) is 15.1. The zero-order valence-electron chi connectivity index (χ0n) is 24.0. The number of aliphatic carboxylic acids is 1. The van der Waals surface area contributed by atoms with Crippen LogP contribution in [0.15, 0.2) is 40.9 Å². The van der Waals surface area contributed by atoms with E-state index in [9.17, 15) is 14.7 Å². The summed E-state index contributed by atoms with van der Waals surface area (Å²) in [5, 5.41) is 11.3. The average molecular weight is 624 g/mol. The zero-order chi connectivity index (χ0) is 30.6. The minimum absolute atomic E-state index is 0.0408. The molecule has 1 aromatic carbocycles. The second kappa shape index (κ2) is 11.2. The topological polar surface area (TPSA) is 131 Å². The Bertz CT molecular complexity index is 1770. The van der Waals surface area contributed by atoms with Gasteiger partial charge in [-0.25, -0.2) is 24.1 Å². The molecule has 13 heteroatoms. The fraction of sp³-hybridized carbons (Fsp3) is 0.452. The van der Waals surface area contributed by atoms with Gasteiger partial charge in [-0.3, -0.25) is 4.79 Å². The van der Waals surface area contributed by atoms with Gasteiger partial charge in [0, 0.05) is 49.9 Å². The quantitative estimate of drug-likeness (QED) is 0.323. The Morgan fingerprint density at radius 3 is 2.82 bits per heavy atom. The minimum atomic E-state index is -1.87. The van der Waals surface area contributed by atoms with Crippen LogP contribution in [0.3, 0.4) is 0 Å². The van der Waals surface area contributed by atoms with Crippen molar-refractivity contribution in [2.75, 3.05) is 37.7 Å². The molecule has 0 unspecified atom stereocenters. The van der Waals surface area contributed by atoms with Crippen LogP contribution in [-0.2, 0) is 26.4 Å². The van der Waals surface area contributed by atoms with Gasteiger partial charge in [0.25, 0.3) is 0 Å². The van der Waals surface area contributed by atoms with E-state index in [4.69, 9.17) is 35.5 Å². The molecule has 230 valence electrons. The highest BCUT2D eigenvalue weighted by Crippen LogP contribution is 2.46. The number of nitrogens with zero attached hydrogens (tertiary/aromatic N) is 5. The lowest BCUT2D eigenvalue weighted by Crippen LogP contribution is -2.49. The molecule has 4 atom stereocenters. The molecule has 4 aromatic rings. The van der Waals surface area contributed by atoms with Crippen molar-refractivity contribution in [1.82, 2.24) is 19.9 Å². The maximum atomic E-state index is 16.9. The average Bonchev–Trinajstić information content (AvgIpc) is 3.60. The lowest BCUT2D eigenvalue weighted by atomic mass is 9.78. The van der Waals surface area contributed by atoms with Crippen LogP contribution in [0.2, 0.25) is 5.02 Å². The standard InChI is InChI=1S/C31H31ClFN5O6/c1-17-15-37-9-8-31(17,33)21-12-18(32)14-34-29(21)43-19-13-22(30(40)41)38(16-19)28-27-26(20-4-2-3-5-23(20)44-27)35-24(36-28)6-10-42-11-7-25(37)39/h2-5,12,14,17,19,22H,6-11,13,15-16H2,1H3,(H,40,41)/t17-,19-,22-,31+/m0/s1. The number of carbonyl (C=O) groups is 2. The second-order valence-electron chi connectivity index (χ2n) is 11.7. The molecule has 3 aromatic heterocycles. The van der Waals surface area contributed by atoms with Crippen LogP contribution in [0.25, 0.3) is 22.1 Å². The van der Waals surface area contributed by atoms with Gasteiger partial charge in [0.1, 0.15) is 34.7 Å². The Labute approximate surface area is 256 Å². The summed E-state index contributed by atoms with van der Waals surface area (Å²) in [5.74, 6) is -0.887. The number of anilines is 1. The number of amides is 1. The van der Waals surface area contributed by atoms with Gasteiger partial charge in [0.15, 0.2) is 11.4 Å². The Kier molecular flexibility index (Phi) is 7.28. The third-order valence-corrected chi connectivity index (χ3v) is 9.12. The third-order valence-electron chi connectivity index (χ3n) is 8.92. The lowest BCUT2D eigenvalue weighted by molar-refractivity contribution is -0.139. The fourth-order valence-electron chi connectivity index (χ4n) is 6.58. The Morgan fingerprint density at radius 1 is 1.18 bits per heavy atom. The van der Waals surface area contributed by atoms with Crippen LogP contribution in [0.5, 0.6) is 5.88 Å². The normalized spacial score (nSPS) is 26.2. The molecule has 1 N–H and O–H groups in total. The fourth-order valence-corrected chi connectivity index (χ4v) is 6.73. The number of carboxylic acid groups (broad SMARTS) is 1. The molecule has 8 rings (SSSR count). The van der Waals surface area contributed by atoms with Crippen LogP contribution in [0.1, 0.15) is 37.6 Å². The predicted octanol–water partition coefficient (Wildman–Crippen LogP) is 4.53. The number of piperidine rings is 1. The monoisotopic (exact) mass is 623 g/mol. The molecule has 11 nitrogen and oxygen atoms in total. The van der Waals surface area contributed by atoms with Crippen LogP contribution < -0.4 is 9.64 Å². The number of rotatable bonds is 1. The summed E-state index contributed by atoms with van der Waals surface area (Å²) in [4.78, 5) is 42.8. The van der Waals surface area contributed by atoms with E-state index in [1.165, 1.54) is 12.3 Å². The Balaban J connectivity index is 1.33. The van der Waals surface area contributed by atoms with E-state index in [1.54, 1.807) is 16.7 Å². The molecule has 44 heavy (non-hydrogen) atoms. The van der Waals surface area contributed by atoms with E-state index in [0.717, 1.165) is 5.39 Å². The number of carboxylic acids is 1. The molecule has 4 aliphatic heterocycles. The summed E-state index contributed by atoms with van der Waals surface area (Å²) in [6.45, 7) is 2.78. The summed E-state index contributed by atoms with van der Waals surface area (Å²) < 4.78 is 35.2. The maximum absolute atomic E-state index is 16.9. The minimum Gasteiger partial charge on any atom is -0.480 e. The molecule has 2 saturated heterocycles. The molecule has 4 aliphatic rings. The van der Waals surface area contributed by atoms with E-state index in [0.29, 0.717) is 34.7 Å². The SMILES string of the molecule is C[C@H]1CN2CC[C@]1(F)c1cc(Cl)cnc1O[C@H]1C[C@@H](C(=O)O)N(C1)c1nc(nc3c1oc1ccccc13)CCOCCC2=O. The Morgan fingerprint density at radius 2 is 2.00 bits per heavy atom. The molecule has 0 saturated carbocycles. The zero-order valence-corrected chi connectivity index (χ0v) is 24.8. The van der Waals surface area contributed by atoms with Gasteiger partial charge in [0.2, 0.25) is 11.8 Å². The molecule has 2 fully saturated rings. The van der Waals surface area contributed by atoms with Gasteiger partial charge in [-0.1, -0.05) is 30.7 Å². The smallest absolute Gasteiger partial charge is 0.326 e. The van der Waals surface area contributed by atoms with Crippen molar-refractivity contribution in [3.05, 3.63) is 52.9 Å². The first-order valence-electron chi connectivity index (χ1n) is 14.8. The van der Waals surface area contributed by atoms with Gasteiger partial charge < -0.3 is 28.8 Å². The number of benzene rings is 1. The number of para-hydroxylation sites is 1. The summed E-state index contributed by atoms with van der Waals surface area (Å²) in [6.07, 6.45) is 1.36. The lowest BCUT2D eigenvalue weighted by Gasteiger charge is -2.42. The molecular weight excluding hydrogens is 593 g/mol. The molecule has 0 aliphatic carbocycles. The predicted molar refractivity (Wildman–Crippen MR) is 159 cm³/mol. The summed E-state index contributed by atoms with van der Waals surface area (Å²) in [5.41, 5.74) is -0.141. The van der Waals surface area contributed by atoms with Crippen LogP contribution in [-0.4, -0.2) is 81.8 Å². The summed E-state index contributed by atoms with van der Waals surface area (Å²) in [6, 6.07) is 7.96. The van der Waals surface area contributed by atoms with Gasteiger partial charge in [0.05, 0.1) is 36.8 Å². The van der Waals surface area contributed by atoms with Gasteiger partial charge in [-0.15, -0.1) is 0 Å². The first kappa shape index (κ1) is 28.7. The largest absolute Gasteiger partial charge is 0.480 e. The van der Waals surface area contributed by atoms with Crippen molar-refractivity contribution in [3.8, 4) is 5.88 Å². The number of furan rings is 1. The summed E-state index contributed by atoms with van der Waals surface area (Å²) in [7, 11) is 0. The number of pyridine rings is 1. The number of aromatic nitrogens is 3. The third kappa shape index (κ3) is 4.99. The number of hydrogen-bond acceptors (Lipinski definition) is 9. The van der Waals surface area contributed by atoms with E-state index in [2.05, 4.69) is 4.98 Å². The molecule has 1 amide bonds. The molecule has 7 heterocycles. The maximum Gasteiger partial charge on any atom is 0.326 e. The molecule has 6 bridgehead atoms. The van der Waals surface area contributed by atoms with Gasteiger partial charge in [-0.05, 0) is 18.2 Å². The summed E-state index contributed by atoms with van der Waals surface area (Å²) >= 11 is 6.30.